The maximum atomic E-state index is 13.1. The number of rotatable bonds is 2. The Balaban J connectivity index is 2.44. The first-order valence-electron chi connectivity index (χ1n) is 4.81. The van der Waals surface area contributed by atoms with E-state index in [0.29, 0.717) is 26.4 Å². The summed E-state index contributed by atoms with van der Waals surface area (Å²) in [5.74, 6) is -0.432. The molecule has 1 aromatic heterocycles. The average molecular weight is 347 g/mol. The van der Waals surface area contributed by atoms with Crippen LogP contribution in [0.3, 0.4) is 0 Å². The van der Waals surface area contributed by atoms with Gasteiger partial charge in [0.25, 0.3) is 0 Å². The highest BCUT2D eigenvalue weighted by Gasteiger charge is 2.14. The van der Waals surface area contributed by atoms with Crippen LogP contribution >= 0.6 is 39.1 Å². The highest BCUT2D eigenvalue weighted by molar-refractivity contribution is 9.10. The van der Waals surface area contributed by atoms with Crippen LogP contribution in [0.4, 0.5) is 15.1 Å². The van der Waals surface area contributed by atoms with Crippen LogP contribution in [0.5, 0.6) is 0 Å². The minimum Gasteiger partial charge on any atom is -0.343 e. The number of anilines is 2. The highest BCUT2D eigenvalue weighted by Crippen LogP contribution is 2.36. The lowest BCUT2D eigenvalue weighted by molar-refractivity contribution is 0.627. The van der Waals surface area contributed by atoms with Gasteiger partial charge in [-0.1, -0.05) is 11.6 Å². The van der Waals surface area contributed by atoms with Crippen molar-refractivity contribution in [3.8, 4) is 6.07 Å². The minimum atomic E-state index is -0.432. The number of nitrogens with one attached hydrogen (secondary N) is 1. The number of aryl methyl sites for hydroxylation is 1. The topological polar surface area (TPSA) is 48.7 Å². The van der Waals surface area contributed by atoms with Gasteiger partial charge in [0.05, 0.1) is 16.4 Å². The molecule has 7 heteroatoms. The van der Waals surface area contributed by atoms with Crippen LogP contribution in [0.15, 0.2) is 16.6 Å². The van der Waals surface area contributed by atoms with Crippen molar-refractivity contribution >= 4 is 49.8 Å². The van der Waals surface area contributed by atoms with Crippen molar-refractivity contribution in [3.05, 3.63) is 38.7 Å². The molecule has 0 aliphatic carbocycles. The Bertz CT molecular complexity index is 627. The number of nitrogens with zero attached hydrogens (tertiary/aromatic N) is 2. The van der Waals surface area contributed by atoms with Gasteiger partial charge in [0, 0.05) is 4.47 Å². The number of hydrogen-bond acceptors (Lipinski definition) is 4. The first kappa shape index (κ1) is 13.3. The maximum Gasteiger partial charge on any atom is 0.132 e. The Labute approximate surface area is 120 Å². The number of aromatic nitrogens is 1. The molecule has 1 N–H and O–H groups in total. The van der Waals surface area contributed by atoms with Crippen molar-refractivity contribution in [2.45, 2.75) is 6.92 Å². The summed E-state index contributed by atoms with van der Waals surface area (Å²) in [4.78, 5) is 0. The zero-order chi connectivity index (χ0) is 13.3. The molecule has 2 aromatic rings. The van der Waals surface area contributed by atoms with Crippen LogP contribution in [0, 0.1) is 24.1 Å². The largest absolute Gasteiger partial charge is 0.343 e. The van der Waals surface area contributed by atoms with Crippen molar-refractivity contribution in [2.75, 3.05) is 5.32 Å². The van der Waals surface area contributed by atoms with E-state index < -0.39 is 5.82 Å². The molecule has 18 heavy (non-hydrogen) atoms. The quantitative estimate of drug-likeness (QED) is 0.863. The second kappa shape index (κ2) is 5.22. The van der Waals surface area contributed by atoms with E-state index in [2.05, 4.69) is 31.7 Å². The van der Waals surface area contributed by atoms with Crippen LogP contribution in [-0.4, -0.2) is 4.37 Å². The van der Waals surface area contributed by atoms with Gasteiger partial charge in [-0.2, -0.15) is 9.64 Å². The Hall–Kier alpha value is -1.16. The van der Waals surface area contributed by atoms with E-state index in [4.69, 9.17) is 16.9 Å². The highest BCUT2D eigenvalue weighted by atomic mass is 79.9. The minimum absolute atomic E-state index is 0.233. The standard InChI is InChI=1S/C11H6BrClFN3S/c1-5-7(4-15)11(18-17-5)16-10-8(12)2-6(14)3-9(10)13/h2-3,16H,1H3. The third-order valence-corrected chi connectivity index (χ3v) is 4.00. The molecule has 0 aliphatic rings. The molecule has 92 valence electrons. The molecule has 3 nitrogen and oxygen atoms in total. The van der Waals surface area contributed by atoms with Gasteiger partial charge in [-0.15, -0.1) is 0 Å². The fourth-order valence-electron chi connectivity index (χ4n) is 1.36. The van der Waals surface area contributed by atoms with Crippen LogP contribution in [0.1, 0.15) is 11.3 Å². The summed E-state index contributed by atoms with van der Waals surface area (Å²) >= 11 is 10.3. The zero-order valence-electron chi connectivity index (χ0n) is 9.09. The van der Waals surface area contributed by atoms with Gasteiger partial charge in [-0.3, -0.25) is 0 Å². The molecule has 0 bridgehead atoms. The van der Waals surface area contributed by atoms with Crippen molar-refractivity contribution in [1.29, 1.82) is 5.26 Å². The van der Waals surface area contributed by atoms with Crippen LogP contribution < -0.4 is 5.32 Å². The van der Waals surface area contributed by atoms with Gasteiger partial charge in [-0.25, -0.2) is 4.39 Å². The summed E-state index contributed by atoms with van der Waals surface area (Å²) < 4.78 is 17.7. The molecule has 0 saturated carbocycles. The summed E-state index contributed by atoms with van der Waals surface area (Å²) in [6.45, 7) is 1.75. The summed E-state index contributed by atoms with van der Waals surface area (Å²) in [6, 6.07) is 4.57. The Kier molecular flexibility index (Phi) is 3.85. The third-order valence-electron chi connectivity index (χ3n) is 2.22. The van der Waals surface area contributed by atoms with Gasteiger partial charge in [0.15, 0.2) is 0 Å². The van der Waals surface area contributed by atoms with Gasteiger partial charge in [0.2, 0.25) is 0 Å². The molecule has 0 saturated heterocycles. The molecule has 0 aliphatic heterocycles. The molecular formula is C11H6BrClFN3S. The van der Waals surface area contributed by atoms with E-state index in [1.54, 1.807) is 6.92 Å². The second-order valence-electron chi connectivity index (χ2n) is 3.45. The normalized spacial score (nSPS) is 10.2. The lowest BCUT2D eigenvalue weighted by atomic mass is 10.2. The lowest BCUT2D eigenvalue weighted by Crippen LogP contribution is -1.93. The molecule has 0 atom stereocenters. The molecule has 0 fully saturated rings. The monoisotopic (exact) mass is 345 g/mol. The number of benzene rings is 1. The second-order valence-corrected chi connectivity index (χ2v) is 5.49. The maximum absolute atomic E-state index is 13.1. The summed E-state index contributed by atoms with van der Waals surface area (Å²) in [7, 11) is 0. The van der Waals surface area contributed by atoms with E-state index >= 15 is 0 Å². The van der Waals surface area contributed by atoms with Gasteiger partial charge >= 0.3 is 0 Å². The van der Waals surface area contributed by atoms with Gasteiger partial charge in [0.1, 0.15) is 22.5 Å². The molecule has 1 aromatic carbocycles. The molecular weight excluding hydrogens is 341 g/mol. The number of halogens is 3. The average Bonchev–Trinajstić information content (AvgIpc) is 2.64. The Morgan fingerprint density at radius 3 is 2.89 bits per heavy atom. The predicted octanol–water partition coefficient (Wildman–Crippen LogP) is 4.62. The summed E-state index contributed by atoms with van der Waals surface area (Å²) in [6.07, 6.45) is 0. The van der Waals surface area contributed by atoms with Crippen LogP contribution in [0.2, 0.25) is 5.02 Å². The van der Waals surface area contributed by atoms with E-state index in [0.717, 1.165) is 11.5 Å². The zero-order valence-corrected chi connectivity index (χ0v) is 12.2. The summed E-state index contributed by atoms with van der Waals surface area (Å²) in [5, 5.41) is 12.8. The smallest absolute Gasteiger partial charge is 0.132 e. The number of nitriles is 1. The van der Waals surface area contributed by atoms with Crippen molar-refractivity contribution in [3.63, 3.8) is 0 Å². The van der Waals surface area contributed by atoms with Crippen LogP contribution in [-0.2, 0) is 0 Å². The molecule has 1 heterocycles. The van der Waals surface area contributed by atoms with E-state index in [9.17, 15) is 4.39 Å². The molecule has 0 unspecified atom stereocenters. The number of hydrogen-bond donors (Lipinski definition) is 1. The molecule has 0 amide bonds. The van der Waals surface area contributed by atoms with Gasteiger partial charge in [-0.05, 0) is 46.5 Å². The Morgan fingerprint density at radius 1 is 1.56 bits per heavy atom. The van der Waals surface area contributed by atoms with Crippen molar-refractivity contribution in [1.82, 2.24) is 4.37 Å². The first-order chi connectivity index (χ1) is 8.52. The molecule has 0 spiro atoms. The van der Waals surface area contributed by atoms with E-state index in [1.165, 1.54) is 12.1 Å². The summed E-state index contributed by atoms with van der Waals surface area (Å²) in [5.41, 5.74) is 1.63. The lowest BCUT2D eigenvalue weighted by Gasteiger charge is -2.09. The van der Waals surface area contributed by atoms with E-state index in [-0.39, 0.29) is 5.02 Å². The van der Waals surface area contributed by atoms with Gasteiger partial charge < -0.3 is 5.32 Å². The Morgan fingerprint density at radius 2 is 2.28 bits per heavy atom. The SMILES string of the molecule is Cc1nsc(Nc2c(Cl)cc(F)cc2Br)c1C#N. The van der Waals surface area contributed by atoms with Crippen LogP contribution in [0.25, 0.3) is 0 Å². The predicted molar refractivity (Wildman–Crippen MR) is 74.0 cm³/mol. The van der Waals surface area contributed by atoms with E-state index in [1.807, 2.05) is 0 Å². The molecule has 0 radical (unpaired) electrons. The third kappa shape index (κ3) is 2.48. The first-order valence-corrected chi connectivity index (χ1v) is 6.75. The fraction of sp³-hybridized carbons (Fsp3) is 0.0909. The fourth-order valence-corrected chi connectivity index (χ4v) is 3.01. The molecule has 2 rings (SSSR count). The van der Waals surface area contributed by atoms with Crippen molar-refractivity contribution < 1.29 is 4.39 Å². The van der Waals surface area contributed by atoms with Crippen molar-refractivity contribution in [2.24, 2.45) is 0 Å².